The Hall–Kier alpha value is -4.24. The standard InChI is InChI=1S/C40H71N7O9/c1-20(2)13-26-34(49)42-27(14-21(3)4)35(50)43-28(15-22(5)6)36(51)44-29(16-23(7)8)37(52)45-30(17-24(9)10)38(53)46-31(18-25(11)12)39(54)47-32(40(55)56)19-33(48)41-26/h20-32H,13-19H2,1-12H3,(H,41,48)(H,42,49)(H,43,50)(H,44,51)(H,45,52)(H,46,53)(H,47,54)(H,55,56)/t26?,27?,28-,29-,30-,31-,32?/m0/s1. The minimum atomic E-state index is -1.71. The summed E-state index contributed by atoms with van der Waals surface area (Å²) in [5.74, 6) is -6.94. The average Bonchev–Trinajstić information content (AvgIpc) is 3.04. The van der Waals surface area contributed by atoms with Gasteiger partial charge in [-0.25, -0.2) is 4.79 Å². The predicted molar refractivity (Wildman–Crippen MR) is 212 cm³/mol. The van der Waals surface area contributed by atoms with Crippen molar-refractivity contribution in [2.24, 2.45) is 35.5 Å². The van der Waals surface area contributed by atoms with Gasteiger partial charge in [0.05, 0.1) is 6.42 Å². The molecule has 0 aromatic heterocycles. The molecule has 1 saturated heterocycles. The summed E-state index contributed by atoms with van der Waals surface area (Å²) in [7, 11) is 0. The third-order valence-corrected chi connectivity index (χ3v) is 9.06. The molecular weight excluding hydrogens is 722 g/mol. The third-order valence-electron chi connectivity index (χ3n) is 9.06. The number of rotatable bonds is 13. The van der Waals surface area contributed by atoms with E-state index in [-0.39, 0.29) is 74.0 Å². The Balaban J connectivity index is 3.87. The second-order valence-electron chi connectivity index (χ2n) is 17.8. The van der Waals surface area contributed by atoms with Crippen molar-refractivity contribution in [3.05, 3.63) is 0 Å². The van der Waals surface area contributed by atoms with Crippen LogP contribution in [-0.4, -0.2) is 94.7 Å². The molecule has 320 valence electrons. The summed E-state index contributed by atoms with van der Waals surface area (Å²) >= 11 is 0. The molecule has 1 heterocycles. The lowest BCUT2D eigenvalue weighted by Crippen LogP contribution is -2.61. The van der Waals surface area contributed by atoms with Crippen molar-refractivity contribution in [2.45, 2.75) is 170 Å². The van der Waals surface area contributed by atoms with Gasteiger partial charge in [0.2, 0.25) is 41.4 Å². The molecule has 16 heteroatoms. The van der Waals surface area contributed by atoms with E-state index in [9.17, 15) is 43.5 Å². The summed E-state index contributed by atoms with van der Waals surface area (Å²) < 4.78 is 0. The van der Waals surface area contributed by atoms with Crippen LogP contribution in [0.25, 0.3) is 0 Å². The van der Waals surface area contributed by atoms with Crippen LogP contribution < -0.4 is 37.2 Å². The Morgan fingerprint density at radius 3 is 0.804 bits per heavy atom. The number of amides is 7. The molecule has 0 saturated carbocycles. The van der Waals surface area contributed by atoms with Gasteiger partial charge in [-0.15, -0.1) is 0 Å². The predicted octanol–water partition coefficient (Wildman–Crippen LogP) is 2.14. The zero-order chi connectivity index (χ0) is 43.0. The van der Waals surface area contributed by atoms with Crippen LogP contribution in [0.2, 0.25) is 0 Å². The lowest BCUT2D eigenvalue weighted by molar-refractivity contribution is -0.144. The van der Waals surface area contributed by atoms with Crippen LogP contribution >= 0.6 is 0 Å². The largest absolute Gasteiger partial charge is 0.480 e. The number of hydrogen-bond donors (Lipinski definition) is 8. The van der Waals surface area contributed by atoms with Crippen molar-refractivity contribution in [1.29, 1.82) is 0 Å². The lowest BCUT2D eigenvalue weighted by atomic mass is 9.97. The van der Waals surface area contributed by atoms with Crippen LogP contribution in [0.15, 0.2) is 0 Å². The van der Waals surface area contributed by atoms with Crippen LogP contribution in [0.5, 0.6) is 0 Å². The van der Waals surface area contributed by atoms with Crippen LogP contribution in [0.4, 0.5) is 0 Å². The first-order valence-electron chi connectivity index (χ1n) is 20.2. The molecule has 0 bridgehead atoms. The molecule has 1 aliphatic heterocycles. The molecule has 8 N–H and O–H groups in total. The third kappa shape index (κ3) is 18.6. The van der Waals surface area contributed by atoms with Crippen LogP contribution in [0.1, 0.15) is 128 Å². The zero-order valence-electron chi connectivity index (χ0n) is 35.7. The van der Waals surface area contributed by atoms with Gasteiger partial charge in [0.1, 0.15) is 42.3 Å². The van der Waals surface area contributed by atoms with E-state index in [1.807, 2.05) is 83.1 Å². The summed E-state index contributed by atoms with van der Waals surface area (Å²) in [4.78, 5) is 109. The van der Waals surface area contributed by atoms with E-state index in [4.69, 9.17) is 0 Å². The maximum atomic E-state index is 14.0. The topological polar surface area (TPSA) is 241 Å². The average molecular weight is 794 g/mol. The molecule has 0 aliphatic carbocycles. The van der Waals surface area contributed by atoms with Crippen LogP contribution in [-0.2, 0) is 38.4 Å². The number of carboxylic acid groups (broad SMARTS) is 1. The zero-order valence-corrected chi connectivity index (χ0v) is 35.7. The summed E-state index contributed by atoms with van der Waals surface area (Å²) in [6.07, 6.45) is 0.330. The van der Waals surface area contributed by atoms with E-state index in [2.05, 4.69) is 37.2 Å². The van der Waals surface area contributed by atoms with Gasteiger partial charge < -0.3 is 42.3 Å². The van der Waals surface area contributed by atoms with E-state index in [0.717, 1.165) is 0 Å². The summed E-state index contributed by atoms with van der Waals surface area (Å²) in [6, 6.07) is -8.50. The highest BCUT2D eigenvalue weighted by Crippen LogP contribution is 2.15. The van der Waals surface area contributed by atoms with Crippen molar-refractivity contribution < 1.29 is 43.5 Å². The quantitative estimate of drug-likeness (QED) is 0.136. The fraction of sp³-hybridized carbons (Fsp3) is 0.800. The van der Waals surface area contributed by atoms with E-state index < -0.39 is 96.0 Å². The highest BCUT2D eigenvalue weighted by atomic mass is 16.4. The molecule has 0 radical (unpaired) electrons. The maximum absolute atomic E-state index is 14.0. The fourth-order valence-electron chi connectivity index (χ4n) is 6.49. The van der Waals surface area contributed by atoms with E-state index >= 15 is 0 Å². The first-order valence-corrected chi connectivity index (χ1v) is 20.2. The number of aliphatic carboxylic acids is 1. The van der Waals surface area contributed by atoms with Gasteiger partial charge >= 0.3 is 5.97 Å². The molecule has 1 aliphatic rings. The van der Waals surface area contributed by atoms with Gasteiger partial charge in [0.25, 0.3) is 0 Å². The Labute approximate surface area is 333 Å². The summed E-state index contributed by atoms with van der Waals surface area (Å²) in [5.41, 5.74) is 0. The molecule has 1 fully saturated rings. The summed E-state index contributed by atoms with van der Waals surface area (Å²) in [5, 5.41) is 28.8. The van der Waals surface area contributed by atoms with Gasteiger partial charge in [-0.2, -0.15) is 0 Å². The number of hydrogen-bond acceptors (Lipinski definition) is 8. The van der Waals surface area contributed by atoms with Gasteiger partial charge in [0.15, 0.2) is 0 Å². The lowest BCUT2D eigenvalue weighted by Gasteiger charge is -2.30. The number of carbonyl (C=O) groups is 8. The van der Waals surface area contributed by atoms with Crippen LogP contribution in [0.3, 0.4) is 0 Å². The maximum Gasteiger partial charge on any atom is 0.326 e. The van der Waals surface area contributed by atoms with Crippen molar-refractivity contribution in [2.75, 3.05) is 0 Å². The highest BCUT2D eigenvalue weighted by Gasteiger charge is 2.36. The normalized spacial score (nSPS) is 25.9. The van der Waals surface area contributed by atoms with Crippen molar-refractivity contribution >= 4 is 47.3 Å². The minimum Gasteiger partial charge on any atom is -0.480 e. The number of carboxylic acids is 1. The molecule has 0 aromatic carbocycles. The SMILES string of the molecule is CC(C)CC1NC(=O)CC(C(=O)O)NC(=O)[C@H](CC(C)C)NC(=O)[C@H](CC(C)C)NC(=O)[C@H](CC(C)C)NC(=O)[C@H](CC(C)C)NC(=O)C(CC(C)C)NC1=O. The van der Waals surface area contributed by atoms with Crippen LogP contribution in [0, 0.1) is 35.5 Å². The Morgan fingerprint density at radius 1 is 0.411 bits per heavy atom. The fourth-order valence-corrected chi connectivity index (χ4v) is 6.49. The molecule has 16 nitrogen and oxygen atoms in total. The summed E-state index contributed by atoms with van der Waals surface area (Å²) in [6.45, 7) is 22.2. The molecule has 1 rings (SSSR count). The van der Waals surface area contributed by atoms with Gasteiger partial charge in [-0.1, -0.05) is 83.1 Å². The monoisotopic (exact) mass is 794 g/mol. The molecule has 3 unspecified atom stereocenters. The highest BCUT2D eigenvalue weighted by molar-refractivity contribution is 5.98. The number of carbonyl (C=O) groups excluding carboxylic acids is 7. The van der Waals surface area contributed by atoms with Gasteiger partial charge in [-0.05, 0) is 74.0 Å². The first kappa shape index (κ1) is 49.8. The van der Waals surface area contributed by atoms with E-state index in [0.29, 0.717) is 0 Å². The second-order valence-corrected chi connectivity index (χ2v) is 17.8. The van der Waals surface area contributed by atoms with Crippen molar-refractivity contribution in [1.82, 2.24) is 37.2 Å². The molecular formula is C40H71N7O9. The molecule has 7 amide bonds. The smallest absolute Gasteiger partial charge is 0.326 e. The van der Waals surface area contributed by atoms with Gasteiger partial charge in [-0.3, -0.25) is 33.6 Å². The molecule has 56 heavy (non-hydrogen) atoms. The van der Waals surface area contributed by atoms with E-state index in [1.165, 1.54) is 0 Å². The molecule has 0 spiro atoms. The molecule has 0 aromatic rings. The van der Waals surface area contributed by atoms with Gasteiger partial charge in [0, 0.05) is 0 Å². The molecule has 7 atom stereocenters. The minimum absolute atomic E-state index is 0.0597. The Bertz CT molecular complexity index is 1370. The Kier molecular flexibility index (Phi) is 21.1. The van der Waals surface area contributed by atoms with E-state index in [1.54, 1.807) is 0 Å². The first-order chi connectivity index (χ1) is 25.9. The van der Waals surface area contributed by atoms with Crippen molar-refractivity contribution in [3.63, 3.8) is 0 Å². The number of nitrogens with one attached hydrogen (secondary N) is 7. The Morgan fingerprint density at radius 2 is 0.607 bits per heavy atom. The van der Waals surface area contributed by atoms with Crippen molar-refractivity contribution in [3.8, 4) is 0 Å². The second kappa shape index (κ2) is 23.7.